The highest BCUT2D eigenvalue weighted by Gasteiger charge is 2.17. The fourth-order valence-electron chi connectivity index (χ4n) is 2.60. The Kier molecular flexibility index (Phi) is 4.20. The summed E-state index contributed by atoms with van der Waals surface area (Å²) in [4.78, 5) is 11.9. The van der Waals surface area contributed by atoms with Gasteiger partial charge in [0.2, 0.25) is 0 Å². The molecule has 4 heteroatoms. The average Bonchev–Trinajstić information content (AvgIpc) is 2.62. The van der Waals surface area contributed by atoms with Crippen LogP contribution in [0.1, 0.15) is 10.4 Å². The highest BCUT2D eigenvalue weighted by molar-refractivity contribution is 5.97. The topological polar surface area (TPSA) is 66.8 Å². The van der Waals surface area contributed by atoms with Crippen molar-refractivity contribution < 1.29 is 19.7 Å². The first-order chi connectivity index (χ1) is 11.6. The van der Waals surface area contributed by atoms with E-state index in [1.54, 1.807) is 36.4 Å². The summed E-state index contributed by atoms with van der Waals surface area (Å²) in [6.45, 7) is 0. The smallest absolute Gasteiger partial charge is 0.341 e. The minimum atomic E-state index is -0.604. The molecule has 0 spiro atoms. The van der Waals surface area contributed by atoms with E-state index in [9.17, 15) is 15.0 Å². The number of ether oxygens (including phenoxy) is 1. The summed E-state index contributed by atoms with van der Waals surface area (Å²) in [6, 6.07) is 19.4. The summed E-state index contributed by atoms with van der Waals surface area (Å²) >= 11 is 0. The van der Waals surface area contributed by atoms with Crippen molar-refractivity contribution >= 4 is 5.97 Å². The van der Waals surface area contributed by atoms with Gasteiger partial charge in [-0.1, -0.05) is 42.5 Å². The SMILES string of the molecule is COC(=O)c1cc(-c2ccc(O)cc2)c(-c2ccccc2)cc1O. The average molecular weight is 320 g/mol. The number of hydrogen-bond acceptors (Lipinski definition) is 4. The van der Waals surface area contributed by atoms with E-state index >= 15 is 0 Å². The van der Waals surface area contributed by atoms with Crippen LogP contribution in [0.4, 0.5) is 0 Å². The van der Waals surface area contributed by atoms with Gasteiger partial charge in [0.15, 0.2) is 0 Å². The number of carbonyl (C=O) groups excluding carboxylic acids is 1. The number of esters is 1. The number of phenolic OH excluding ortho intramolecular Hbond substituents is 2. The molecule has 0 amide bonds. The first-order valence-electron chi connectivity index (χ1n) is 7.40. The number of aromatic hydroxyl groups is 2. The van der Waals surface area contributed by atoms with Crippen LogP contribution in [-0.2, 0) is 4.74 Å². The Morgan fingerprint density at radius 2 is 1.42 bits per heavy atom. The lowest BCUT2D eigenvalue weighted by Crippen LogP contribution is -2.02. The van der Waals surface area contributed by atoms with Crippen molar-refractivity contribution in [2.75, 3.05) is 7.11 Å². The molecule has 0 atom stereocenters. The molecule has 3 aromatic rings. The Labute approximate surface area is 139 Å². The molecule has 4 nitrogen and oxygen atoms in total. The van der Waals surface area contributed by atoms with Gasteiger partial charge < -0.3 is 14.9 Å². The van der Waals surface area contributed by atoms with Gasteiger partial charge >= 0.3 is 5.97 Å². The lowest BCUT2D eigenvalue weighted by molar-refractivity contribution is 0.0597. The zero-order valence-corrected chi connectivity index (χ0v) is 13.1. The van der Waals surface area contributed by atoms with Gasteiger partial charge in [-0.2, -0.15) is 0 Å². The maximum atomic E-state index is 11.9. The lowest BCUT2D eigenvalue weighted by atomic mass is 9.92. The summed E-state index contributed by atoms with van der Waals surface area (Å²) in [7, 11) is 1.27. The number of hydrogen-bond donors (Lipinski definition) is 2. The largest absolute Gasteiger partial charge is 0.508 e. The van der Waals surface area contributed by atoms with E-state index in [-0.39, 0.29) is 17.1 Å². The summed E-state index contributed by atoms with van der Waals surface area (Å²) in [5, 5.41) is 19.7. The molecule has 0 aliphatic carbocycles. The van der Waals surface area contributed by atoms with E-state index in [1.807, 2.05) is 30.3 Å². The maximum Gasteiger partial charge on any atom is 0.341 e. The molecule has 0 unspecified atom stereocenters. The third kappa shape index (κ3) is 2.94. The second kappa shape index (κ2) is 6.46. The summed E-state index contributed by atoms with van der Waals surface area (Å²) in [6.07, 6.45) is 0. The quantitative estimate of drug-likeness (QED) is 0.709. The minimum Gasteiger partial charge on any atom is -0.508 e. The molecule has 0 aromatic heterocycles. The third-order valence-electron chi connectivity index (χ3n) is 3.80. The van der Waals surface area contributed by atoms with E-state index in [0.717, 1.165) is 22.3 Å². The fraction of sp³-hybridized carbons (Fsp3) is 0.0500. The molecular formula is C20H16O4. The Morgan fingerprint density at radius 1 is 0.833 bits per heavy atom. The molecular weight excluding hydrogens is 304 g/mol. The third-order valence-corrected chi connectivity index (χ3v) is 3.80. The van der Waals surface area contributed by atoms with Crippen LogP contribution in [0.5, 0.6) is 11.5 Å². The van der Waals surface area contributed by atoms with Gasteiger partial charge in [-0.05, 0) is 46.5 Å². The minimum absolute atomic E-state index is 0.0975. The Balaban J connectivity index is 2.26. The standard InChI is InChI=1S/C20H16O4/c1-24-20(23)18-11-16(14-7-9-15(21)10-8-14)17(12-19(18)22)13-5-3-2-4-6-13/h2-12,21-22H,1H3. The van der Waals surface area contributed by atoms with E-state index in [4.69, 9.17) is 4.74 Å². The maximum absolute atomic E-state index is 11.9. The van der Waals surface area contributed by atoms with Crippen LogP contribution in [0.15, 0.2) is 66.7 Å². The highest BCUT2D eigenvalue weighted by atomic mass is 16.5. The molecule has 0 bridgehead atoms. The predicted octanol–water partition coefficient (Wildman–Crippen LogP) is 4.22. The molecule has 0 saturated carbocycles. The van der Waals surface area contributed by atoms with Gasteiger partial charge in [-0.3, -0.25) is 0 Å². The molecule has 2 N–H and O–H groups in total. The zero-order chi connectivity index (χ0) is 17.1. The first-order valence-corrected chi connectivity index (χ1v) is 7.40. The van der Waals surface area contributed by atoms with Crippen LogP contribution in [0.2, 0.25) is 0 Å². The normalized spacial score (nSPS) is 10.4. The number of rotatable bonds is 3. The van der Waals surface area contributed by atoms with Crippen LogP contribution < -0.4 is 0 Å². The Morgan fingerprint density at radius 3 is 2.04 bits per heavy atom. The van der Waals surface area contributed by atoms with Crippen molar-refractivity contribution in [1.82, 2.24) is 0 Å². The predicted molar refractivity (Wildman–Crippen MR) is 92.0 cm³/mol. The summed E-state index contributed by atoms with van der Waals surface area (Å²) in [5.74, 6) is -0.581. The number of benzene rings is 3. The Hall–Kier alpha value is -3.27. The van der Waals surface area contributed by atoms with Gasteiger partial charge in [0.25, 0.3) is 0 Å². The van der Waals surface area contributed by atoms with Crippen molar-refractivity contribution in [3.63, 3.8) is 0 Å². The van der Waals surface area contributed by atoms with E-state index in [2.05, 4.69) is 0 Å². The van der Waals surface area contributed by atoms with Gasteiger partial charge in [-0.25, -0.2) is 4.79 Å². The first kappa shape index (κ1) is 15.6. The molecule has 120 valence electrons. The summed E-state index contributed by atoms with van der Waals surface area (Å²) in [5.41, 5.74) is 3.37. The molecule has 0 radical (unpaired) electrons. The molecule has 0 saturated heterocycles. The van der Waals surface area contributed by atoms with Crippen LogP contribution >= 0.6 is 0 Å². The van der Waals surface area contributed by atoms with Gasteiger partial charge in [0, 0.05) is 0 Å². The van der Waals surface area contributed by atoms with Crippen molar-refractivity contribution in [2.45, 2.75) is 0 Å². The molecule has 0 aliphatic rings. The number of carbonyl (C=O) groups is 1. The summed E-state index contributed by atoms with van der Waals surface area (Å²) < 4.78 is 4.73. The van der Waals surface area contributed by atoms with Gasteiger partial charge in [0.1, 0.15) is 17.1 Å². The lowest BCUT2D eigenvalue weighted by Gasteiger charge is -2.14. The van der Waals surface area contributed by atoms with E-state index in [0.29, 0.717) is 0 Å². The van der Waals surface area contributed by atoms with Crippen molar-refractivity contribution in [3.8, 4) is 33.8 Å². The zero-order valence-electron chi connectivity index (χ0n) is 13.1. The van der Waals surface area contributed by atoms with E-state index in [1.165, 1.54) is 7.11 Å². The molecule has 3 rings (SSSR count). The highest BCUT2D eigenvalue weighted by Crippen LogP contribution is 2.37. The van der Waals surface area contributed by atoms with Gasteiger partial charge in [-0.15, -0.1) is 0 Å². The molecule has 3 aromatic carbocycles. The van der Waals surface area contributed by atoms with Crippen molar-refractivity contribution in [3.05, 3.63) is 72.3 Å². The van der Waals surface area contributed by atoms with Crippen LogP contribution in [0, 0.1) is 0 Å². The molecule has 0 aliphatic heterocycles. The monoisotopic (exact) mass is 320 g/mol. The fourth-order valence-corrected chi connectivity index (χ4v) is 2.60. The van der Waals surface area contributed by atoms with Gasteiger partial charge in [0.05, 0.1) is 7.11 Å². The number of methoxy groups -OCH3 is 1. The van der Waals surface area contributed by atoms with Crippen LogP contribution in [0.25, 0.3) is 22.3 Å². The van der Waals surface area contributed by atoms with E-state index < -0.39 is 5.97 Å². The molecule has 24 heavy (non-hydrogen) atoms. The number of phenols is 2. The molecule has 0 heterocycles. The van der Waals surface area contributed by atoms with Crippen LogP contribution in [0.3, 0.4) is 0 Å². The second-order valence-electron chi connectivity index (χ2n) is 5.32. The van der Waals surface area contributed by atoms with Crippen molar-refractivity contribution in [1.29, 1.82) is 0 Å². The second-order valence-corrected chi connectivity index (χ2v) is 5.32. The Bertz CT molecular complexity index is 868. The van der Waals surface area contributed by atoms with Crippen molar-refractivity contribution in [2.24, 2.45) is 0 Å². The van der Waals surface area contributed by atoms with Crippen LogP contribution in [-0.4, -0.2) is 23.3 Å². The molecule has 0 fully saturated rings.